The second-order valence-corrected chi connectivity index (χ2v) is 9.62. The van der Waals surface area contributed by atoms with Gasteiger partial charge in [0.15, 0.2) is 5.78 Å². The molecule has 1 aromatic heterocycles. The van der Waals surface area contributed by atoms with Crippen molar-refractivity contribution in [2.75, 3.05) is 6.26 Å². The van der Waals surface area contributed by atoms with Crippen LogP contribution in [-0.4, -0.2) is 22.2 Å². The third-order valence-electron chi connectivity index (χ3n) is 4.21. The lowest BCUT2D eigenvalue weighted by Crippen LogP contribution is -2.27. The number of fused-ring (bicyclic) bond motifs is 1. The molecule has 6 heteroatoms. The monoisotopic (exact) mass is 376 g/mol. The Labute approximate surface area is 153 Å². The number of Topliss-reactive ketones (excluding diaryl/α,β-unsaturated/α-hetero) is 1. The van der Waals surface area contributed by atoms with Crippen molar-refractivity contribution in [2.24, 2.45) is 5.41 Å². The quantitative estimate of drug-likeness (QED) is 0.757. The number of thiophene rings is 1. The summed E-state index contributed by atoms with van der Waals surface area (Å²) < 4.78 is 18.0. The smallest absolute Gasteiger partial charge is 0.348 e. The maximum Gasteiger partial charge on any atom is 0.348 e. The number of carbonyl (C=O) groups excluding carboxylic acids is 2. The summed E-state index contributed by atoms with van der Waals surface area (Å²) >= 11 is 1.14. The summed E-state index contributed by atoms with van der Waals surface area (Å²) in [4.78, 5) is 25.6. The fourth-order valence-electron chi connectivity index (χ4n) is 3.11. The van der Waals surface area contributed by atoms with Crippen molar-refractivity contribution in [3.63, 3.8) is 0 Å². The maximum absolute atomic E-state index is 12.6. The van der Waals surface area contributed by atoms with Crippen LogP contribution in [0.15, 0.2) is 34.5 Å². The molecule has 0 saturated heterocycles. The minimum atomic E-state index is -1.31. The molecule has 0 spiro atoms. The molecule has 132 valence electrons. The van der Waals surface area contributed by atoms with Gasteiger partial charge in [0.2, 0.25) is 0 Å². The lowest BCUT2D eigenvalue weighted by atomic mass is 9.74. The molecular weight excluding hydrogens is 356 g/mol. The first kappa shape index (κ1) is 18.0. The van der Waals surface area contributed by atoms with Crippen LogP contribution < -0.4 is 0 Å². The molecule has 0 bridgehead atoms. The normalized spacial score (nSPS) is 17.0. The Kier molecular flexibility index (Phi) is 4.93. The number of hydrogen-bond acceptors (Lipinski definition) is 5. The van der Waals surface area contributed by atoms with Crippen LogP contribution in [-0.2, 0) is 28.6 Å². The highest BCUT2D eigenvalue weighted by molar-refractivity contribution is 7.86. The van der Waals surface area contributed by atoms with Gasteiger partial charge in [-0.2, -0.15) is 0 Å². The molecule has 0 aliphatic heterocycles. The van der Waals surface area contributed by atoms with E-state index in [-0.39, 0.29) is 17.8 Å². The lowest BCUT2D eigenvalue weighted by molar-refractivity contribution is 0.0476. The molecule has 1 aromatic carbocycles. The van der Waals surface area contributed by atoms with Crippen LogP contribution in [0, 0.1) is 5.41 Å². The zero-order valence-corrected chi connectivity index (χ0v) is 16.1. The molecule has 2 aromatic rings. The van der Waals surface area contributed by atoms with Crippen molar-refractivity contribution in [2.45, 2.75) is 37.5 Å². The van der Waals surface area contributed by atoms with Crippen molar-refractivity contribution >= 4 is 33.9 Å². The van der Waals surface area contributed by atoms with Gasteiger partial charge in [0, 0.05) is 18.2 Å². The van der Waals surface area contributed by atoms with Crippen molar-refractivity contribution in [1.82, 2.24) is 0 Å². The van der Waals surface area contributed by atoms with Gasteiger partial charge in [0.1, 0.15) is 15.7 Å². The van der Waals surface area contributed by atoms with Crippen molar-refractivity contribution in [3.8, 4) is 0 Å². The van der Waals surface area contributed by atoms with Crippen LogP contribution in [0.1, 0.15) is 51.4 Å². The van der Waals surface area contributed by atoms with Crippen LogP contribution in [0.3, 0.4) is 0 Å². The van der Waals surface area contributed by atoms with Crippen molar-refractivity contribution in [3.05, 3.63) is 51.9 Å². The number of ketones is 1. The predicted molar refractivity (Wildman–Crippen MR) is 98.6 cm³/mol. The van der Waals surface area contributed by atoms with Crippen molar-refractivity contribution < 1.29 is 18.5 Å². The number of carbonyl (C=O) groups is 2. The molecule has 1 unspecified atom stereocenters. The molecule has 1 atom stereocenters. The highest BCUT2D eigenvalue weighted by atomic mass is 32.2. The summed E-state index contributed by atoms with van der Waals surface area (Å²) in [5, 5.41) is 0. The number of esters is 1. The molecule has 3 rings (SSSR count). The van der Waals surface area contributed by atoms with Gasteiger partial charge in [0.25, 0.3) is 0 Å². The molecule has 0 amide bonds. The Bertz CT molecular complexity index is 850. The topological polar surface area (TPSA) is 60.4 Å². The molecule has 1 aliphatic carbocycles. The van der Waals surface area contributed by atoms with Crippen LogP contribution in [0.5, 0.6) is 0 Å². The summed E-state index contributed by atoms with van der Waals surface area (Å²) in [5.41, 5.74) is 1.87. The number of hydrogen-bond donors (Lipinski definition) is 0. The lowest BCUT2D eigenvalue weighted by Gasteiger charge is -2.29. The van der Waals surface area contributed by atoms with Crippen LogP contribution in [0.2, 0.25) is 0 Å². The zero-order chi connectivity index (χ0) is 18.2. The summed E-state index contributed by atoms with van der Waals surface area (Å²) in [6, 6.07) is 9.44. The van der Waals surface area contributed by atoms with Crippen LogP contribution in [0.25, 0.3) is 0 Å². The molecule has 0 N–H and O–H groups in total. The van der Waals surface area contributed by atoms with E-state index in [2.05, 4.69) is 0 Å². The first-order valence-corrected chi connectivity index (χ1v) is 10.4. The Morgan fingerprint density at radius 2 is 1.92 bits per heavy atom. The van der Waals surface area contributed by atoms with Gasteiger partial charge in [-0.25, -0.2) is 4.79 Å². The van der Waals surface area contributed by atoms with Gasteiger partial charge in [-0.05, 0) is 23.0 Å². The average molecular weight is 376 g/mol. The SMILES string of the molecule is CS(=O)c1sc(C(=O)OCc2ccccc2)c2c1C(=O)CC(C)(C)C2. The summed E-state index contributed by atoms with van der Waals surface area (Å²) in [6.45, 7) is 4.19. The van der Waals surface area contributed by atoms with E-state index in [0.29, 0.717) is 33.1 Å². The highest BCUT2D eigenvalue weighted by Gasteiger charge is 2.38. The Morgan fingerprint density at radius 3 is 2.56 bits per heavy atom. The van der Waals surface area contributed by atoms with Crippen LogP contribution in [0.4, 0.5) is 0 Å². The summed E-state index contributed by atoms with van der Waals surface area (Å²) in [6.07, 6.45) is 2.55. The molecule has 4 nitrogen and oxygen atoms in total. The second-order valence-electron chi connectivity index (χ2n) is 7.03. The number of rotatable bonds is 4. The van der Waals surface area contributed by atoms with E-state index in [1.165, 1.54) is 6.26 Å². The molecule has 0 fully saturated rings. The molecule has 0 saturated carbocycles. The van der Waals surface area contributed by atoms with Gasteiger partial charge in [0.05, 0.1) is 10.8 Å². The van der Waals surface area contributed by atoms with Gasteiger partial charge >= 0.3 is 5.97 Å². The third kappa shape index (κ3) is 3.75. The van der Waals surface area contributed by atoms with E-state index >= 15 is 0 Å². The second kappa shape index (κ2) is 6.84. The molecule has 25 heavy (non-hydrogen) atoms. The van der Waals surface area contributed by atoms with Gasteiger partial charge in [-0.15, -0.1) is 11.3 Å². The zero-order valence-electron chi connectivity index (χ0n) is 14.5. The Hall–Kier alpha value is -1.79. The van der Waals surface area contributed by atoms with Crippen molar-refractivity contribution in [1.29, 1.82) is 0 Å². The van der Waals surface area contributed by atoms with Gasteiger partial charge in [-0.1, -0.05) is 44.2 Å². The van der Waals surface area contributed by atoms with E-state index in [4.69, 9.17) is 4.74 Å². The fraction of sp³-hybridized carbons (Fsp3) is 0.368. The minimum absolute atomic E-state index is 0.0326. The first-order chi connectivity index (χ1) is 11.8. The van der Waals surface area contributed by atoms with E-state index in [0.717, 1.165) is 16.9 Å². The van der Waals surface area contributed by atoms with Gasteiger partial charge in [-0.3, -0.25) is 9.00 Å². The Morgan fingerprint density at radius 1 is 1.24 bits per heavy atom. The van der Waals surface area contributed by atoms with E-state index in [9.17, 15) is 13.8 Å². The molecule has 0 radical (unpaired) electrons. The standard InChI is InChI=1S/C19H20O4S2/c1-19(2)9-13-15(14(20)10-19)18(25(3)22)24-16(13)17(21)23-11-12-7-5-4-6-8-12/h4-8H,9-11H2,1-3H3. The summed E-state index contributed by atoms with van der Waals surface area (Å²) in [5.74, 6) is -0.484. The highest BCUT2D eigenvalue weighted by Crippen LogP contribution is 2.42. The molecular formula is C19H20O4S2. The summed E-state index contributed by atoms with van der Waals surface area (Å²) in [7, 11) is -1.31. The number of benzene rings is 1. The average Bonchev–Trinajstić information content (AvgIpc) is 2.92. The van der Waals surface area contributed by atoms with E-state index in [1.54, 1.807) is 0 Å². The first-order valence-electron chi connectivity index (χ1n) is 8.02. The largest absolute Gasteiger partial charge is 0.457 e. The number of ether oxygens (including phenoxy) is 1. The minimum Gasteiger partial charge on any atom is -0.457 e. The third-order valence-corrected chi connectivity index (χ3v) is 6.89. The maximum atomic E-state index is 12.6. The fourth-order valence-corrected chi connectivity index (χ4v) is 5.32. The molecule has 1 aliphatic rings. The van der Waals surface area contributed by atoms with E-state index in [1.807, 2.05) is 44.2 Å². The predicted octanol–water partition coefficient (Wildman–Crippen LogP) is 4.00. The Balaban J connectivity index is 1.93. The molecule has 1 heterocycles. The van der Waals surface area contributed by atoms with Crippen LogP contribution >= 0.6 is 11.3 Å². The van der Waals surface area contributed by atoms with Gasteiger partial charge < -0.3 is 4.74 Å². The van der Waals surface area contributed by atoms with E-state index < -0.39 is 16.8 Å².